The summed E-state index contributed by atoms with van der Waals surface area (Å²) in [5.74, 6) is 0.920. The van der Waals surface area contributed by atoms with Crippen LogP contribution in [0, 0.1) is 6.92 Å². The van der Waals surface area contributed by atoms with Gasteiger partial charge in [0, 0.05) is 23.3 Å². The number of aliphatic hydroxyl groups excluding tert-OH is 1. The molecule has 0 radical (unpaired) electrons. The monoisotopic (exact) mass is 321 g/mol. The molecule has 0 unspecified atom stereocenters. The van der Waals surface area contributed by atoms with Gasteiger partial charge in [0.1, 0.15) is 12.4 Å². The highest BCUT2D eigenvalue weighted by Gasteiger charge is 2.13. The maximum atomic E-state index is 9.01. The van der Waals surface area contributed by atoms with Gasteiger partial charge in [-0.2, -0.15) is 0 Å². The molecule has 3 rings (SSSR count). The van der Waals surface area contributed by atoms with Crippen LogP contribution in [0.3, 0.4) is 0 Å². The van der Waals surface area contributed by atoms with Gasteiger partial charge in [-0.3, -0.25) is 4.98 Å². The number of hydrogen-bond acceptors (Lipinski definition) is 3. The van der Waals surface area contributed by atoms with Crippen LogP contribution in [0.5, 0.6) is 5.75 Å². The fourth-order valence-corrected chi connectivity index (χ4v) is 2.89. The first-order valence-corrected chi connectivity index (χ1v) is 8.45. The Morgan fingerprint density at radius 1 is 0.958 bits per heavy atom. The van der Waals surface area contributed by atoms with E-state index in [4.69, 9.17) is 14.8 Å². The van der Waals surface area contributed by atoms with Crippen LogP contribution in [0.2, 0.25) is 0 Å². The number of fused-ring (bicyclic) bond motifs is 1. The Bertz CT molecular complexity index is 800. The molecule has 0 aliphatic rings. The number of pyridine rings is 1. The highest BCUT2D eigenvalue weighted by atomic mass is 16.5. The normalized spacial score (nSPS) is 10.9. The maximum Gasteiger partial charge on any atom is 0.133 e. The second-order valence-corrected chi connectivity index (χ2v) is 5.98. The second kappa shape index (κ2) is 7.93. The summed E-state index contributed by atoms with van der Waals surface area (Å²) < 4.78 is 6.19. The van der Waals surface area contributed by atoms with Gasteiger partial charge in [-0.1, -0.05) is 42.5 Å². The van der Waals surface area contributed by atoms with Crippen molar-refractivity contribution >= 4 is 10.9 Å². The van der Waals surface area contributed by atoms with Crippen molar-refractivity contribution in [2.75, 3.05) is 6.61 Å². The van der Waals surface area contributed by atoms with E-state index in [-0.39, 0.29) is 6.61 Å². The number of unbranched alkanes of at least 4 members (excludes halogenated alkanes) is 1. The van der Waals surface area contributed by atoms with Crippen molar-refractivity contribution in [3.63, 3.8) is 0 Å². The lowest BCUT2D eigenvalue weighted by Crippen LogP contribution is -2.03. The van der Waals surface area contributed by atoms with Crippen LogP contribution < -0.4 is 4.74 Å². The van der Waals surface area contributed by atoms with Crippen LogP contribution >= 0.6 is 0 Å². The van der Waals surface area contributed by atoms with Crippen molar-refractivity contribution < 1.29 is 9.84 Å². The summed E-state index contributed by atoms with van der Waals surface area (Å²) in [5, 5.41) is 10.1. The van der Waals surface area contributed by atoms with Gasteiger partial charge in [0.05, 0.1) is 5.52 Å². The van der Waals surface area contributed by atoms with E-state index < -0.39 is 0 Å². The number of ether oxygens (including phenoxy) is 1. The fourth-order valence-electron chi connectivity index (χ4n) is 2.89. The number of rotatable bonds is 7. The van der Waals surface area contributed by atoms with E-state index in [1.807, 2.05) is 36.4 Å². The third-order valence-electron chi connectivity index (χ3n) is 4.23. The average Bonchev–Trinajstić information content (AvgIpc) is 2.62. The third kappa shape index (κ3) is 3.74. The number of para-hydroxylation sites is 1. The lowest BCUT2D eigenvalue weighted by atomic mass is 10.0. The molecule has 124 valence electrons. The van der Waals surface area contributed by atoms with Gasteiger partial charge >= 0.3 is 0 Å². The average molecular weight is 321 g/mol. The summed E-state index contributed by atoms with van der Waals surface area (Å²) in [6.07, 6.45) is 2.59. The number of benzene rings is 2. The first-order valence-electron chi connectivity index (χ1n) is 8.45. The summed E-state index contributed by atoms with van der Waals surface area (Å²) in [7, 11) is 0. The predicted octanol–water partition coefficient (Wildman–Crippen LogP) is 4.44. The molecular weight excluding hydrogens is 298 g/mol. The van der Waals surface area contributed by atoms with Crippen LogP contribution in [0.15, 0.2) is 54.6 Å². The zero-order chi connectivity index (χ0) is 16.8. The van der Waals surface area contributed by atoms with Crippen LogP contribution in [-0.4, -0.2) is 16.7 Å². The highest BCUT2D eigenvalue weighted by Crippen LogP contribution is 2.31. The van der Waals surface area contributed by atoms with E-state index in [9.17, 15) is 0 Å². The zero-order valence-electron chi connectivity index (χ0n) is 14.0. The van der Waals surface area contributed by atoms with Crippen LogP contribution in [-0.2, 0) is 13.0 Å². The van der Waals surface area contributed by atoms with E-state index in [0.717, 1.165) is 52.7 Å². The topological polar surface area (TPSA) is 42.4 Å². The zero-order valence-corrected chi connectivity index (χ0v) is 14.0. The minimum absolute atomic E-state index is 0.226. The molecule has 0 atom stereocenters. The molecule has 0 bridgehead atoms. The molecule has 0 saturated carbocycles. The lowest BCUT2D eigenvalue weighted by Gasteiger charge is -2.15. The summed E-state index contributed by atoms with van der Waals surface area (Å²) >= 11 is 0. The number of aromatic nitrogens is 1. The van der Waals surface area contributed by atoms with Gasteiger partial charge in [-0.25, -0.2) is 0 Å². The van der Waals surface area contributed by atoms with Gasteiger partial charge in [-0.05, 0) is 43.9 Å². The van der Waals surface area contributed by atoms with E-state index in [2.05, 4.69) is 25.1 Å². The van der Waals surface area contributed by atoms with E-state index in [0.29, 0.717) is 6.61 Å². The standard InChI is InChI=1S/C21H23NO2/c1-16-19(12-7-8-14-23)22-20-13-6-5-11-18(20)21(16)24-15-17-9-3-2-4-10-17/h2-6,9-11,13,23H,7-8,12,14-15H2,1H3. The molecular formula is C21H23NO2. The Morgan fingerprint density at radius 3 is 2.50 bits per heavy atom. The Kier molecular flexibility index (Phi) is 5.44. The highest BCUT2D eigenvalue weighted by molar-refractivity contribution is 5.86. The fraction of sp³-hybridized carbons (Fsp3) is 0.286. The Morgan fingerprint density at radius 2 is 1.71 bits per heavy atom. The van der Waals surface area contributed by atoms with Crippen molar-refractivity contribution in [2.24, 2.45) is 0 Å². The van der Waals surface area contributed by atoms with Crippen molar-refractivity contribution in [2.45, 2.75) is 32.8 Å². The van der Waals surface area contributed by atoms with Gasteiger partial charge < -0.3 is 9.84 Å². The van der Waals surface area contributed by atoms with Crippen molar-refractivity contribution in [3.8, 4) is 5.75 Å². The van der Waals surface area contributed by atoms with Crippen LogP contribution in [0.4, 0.5) is 0 Å². The van der Waals surface area contributed by atoms with E-state index >= 15 is 0 Å². The van der Waals surface area contributed by atoms with Gasteiger partial charge in [0.25, 0.3) is 0 Å². The summed E-state index contributed by atoms with van der Waals surface area (Å²) in [4.78, 5) is 4.80. The van der Waals surface area contributed by atoms with E-state index in [1.165, 1.54) is 0 Å². The molecule has 24 heavy (non-hydrogen) atoms. The number of aryl methyl sites for hydroxylation is 1. The van der Waals surface area contributed by atoms with Crippen LogP contribution in [0.1, 0.15) is 29.7 Å². The molecule has 1 heterocycles. The first kappa shape index (κ1) is 16.5. The summed E-state index contributed by atoms with van der Waals surface area (Å²) in [6, 6.07) is 18.3. The van der Waals surface area contributed by atoms with Gasteiger partial charge in [-0.15, -0.1) is 0 Å². The molecule has 0 amide bonds. The van der Waals surface area contributed by atoms with Crippen molar-refractivity contribution in [1.29, 1.82) is 0 Å². The molecule has 2 aromatic carbocycles. The second-order valence-electron chi connectivity index (χ2n) is 5.98. The molecule has 0 spiro atoms. The minimum atomic E-state index is 0.226. The molecule has 1 N–H and O–H groups in total. The van der Waals surface area contributed by atoms with Gasteiger partial charge in [0.2, 0.25) is 0 Å². The Balaban J connectivity index is 1.92. The quantitative estimate of drug-likeness (QED) is 0.654. The molecule has 3 aromatic rings. The minimum Gasteiger partial charge on any atom is -0.488 e. The third-order valence-corrected chi connectivity index (χ3v) is 4.23. The molecule has 3 heteroatoms. The molecule has 0 aliphatic carbocycles. The molecule has 1 aromatic heterocycles. The van der Waals surface area contributed by atoms with Gasteiger partial charge in [0.15, 0.2) is 0 Å². The predicted molar refractivity (Wildman–Crippen MR) is 97.3 cm³/mol. The lowest BCUT2D eigenvalue weighted by molar-refractivity contribution is 0.284. The van der Waals surface area contributed by atoms with Crippen molar-refractivity contribution in [1.82, 2.24) is 4.98 Å². The number of aliphatic hydroxyl groups is 1. The Hall–Kier alpha value is -2.39. The molecule has 0 fully saturated rings. The summed E-state index contributed by atoms with van der Waals surface area (Å²) in [5.41, 5.74) is 4.28. The summed E-state index contributed by atoms with van der Waals surface area (Å²) in [6.45, 7) is 2.85. The molecule has 0 saturated heterocycles. The van der Waals surface area contributed by atoms with Crippen molar-refractivity contribution in [3.05, 3.63) is 71.4 Å². The molecule has 3 nitrogen and oxygen atoms in total. The number of hydrogen-bond donors (Lipinski definition) is 1. The smallest absolute Gasteiger partial charge is 0.133 e. The largest absolute Gasteiger partial charge is 0.488 e. The van der Waals surface area contributed by atoms with E-state index in [1.54, 1.807) is 0 Å². The Labute approximate surface area is 142 Å². The number of nitrogens with zero attached hydrogens (tertiary/aromatic N) is 1. The molecule has 0 aliphatic heterocycles. The SMILES string of the molecule is Cc1c(CCCCO)nc2ccccc2c1OCc1ccccc1. The first-order chi connectivity index (χ1) is 11.8. The van der Waals surface area contributed by atoms with Crippen LogP contribution in [0.25, 0.3) is 10.9 Å². The maximum absolute atomic E-state index is 9.01.